The van der Waals surface area contributed by atoms with Crippen molar-refractivity contribution in [1.82, 2.24) is 0 Å². The van der Waals surface area contributed by atoms with Gasteiger partial charge in [-0.15, -0.1) is 0 Å². The molecule has 0 unspecified atom stereocenters. The van der Waals surface area contributed by atoms with Crippen LogP contribution >= 0.6 is 0 Å². The van der Waals surface area contributed by atoms with Crippen LogP contribution in [0, 0.1) is 28.6 Å². The SMILES string of the molecule is CC(C)(N)CO[C@H]1CC[C@@]2(C)C(=CC[C@@H]3[C@@H]2CC[C@]2(C)C(=O)CC[C@@H]32)C1. The van der Waals surface area contributed by atoms with Crippen LogP contribution in [0.15, 0.2) is 11.6 Å². The minimum Gasteiger partial charge on any atom is -0.376 e. The first-order chi connectivity index (χ1) is 12.1. The number of nitrogens with two attached hydrogens (primary N) is 1. The molecule has 0 aromatic heterocycles. The van der Waals surface area contributed by atoms with Gasteiger partial charge in [0, 0.05) is 17.4 Å². The molecule has 3 fully saturated rings. The highest BCUT2D eigenvalue weighted by atomic mass is 16.5. The van der Waals surface area contributed by atoms with Gasteiger partial charge >= 0.3 is 0 Å². The number of hydrogen-bond acceptors (Lipinski definition) is 3. The minimum atomic E-state index is -0.254. The molecule has 0 aromatic carbocycles. The first-order valence-corrected chi connectivity index (χ1v) is 10.8. The fraction of sp³-hybridized carbons (Fsp3) is 0.870. The predicted molar refractivity (Wildman–Crippen MR) is 105 cm³/mol. The van der Waals surface area contributed by atoms with Gasteiger partial charge in [-0.2, -0.15) is 0 Å². The van der Waals surface area contributed by atoms with Gasteiger partial charge in [-0.3, -0.25) is 4.79 Å². The normalized spacial score (nSPS) is 45.6. The molecule has 2 N–H and O–H groups in total. The monoisotopic (exact) mass is 359 g/mol. The van der Waals surface area contributed by atoms with Crippen LogP contribution in [0.2, 0.25) is 0 Å². The number of Topliss-reactive ketones (excluding diaryl/α,β-unsaturated/α-hetero) is 1. The average Bonchev–Trinajstić information content (AvgIpc) is 2.87. The summed E-state index contributed by atoms with van der Waals surface area (Å²) in [5.41, 5.74) is 7.80. The zero-order valence-corrected chi connectivity index (χ0v) is 17.1. The molecule has 0 radical (unpaired) electrons. The first-order valence-electron chi connectivity index (χ1n) is 10.8. The molecule has 0 aliphatic heterocycles. The number of carbonyl (C=O) groups is 1. The summed E-state index contributed by atoms with van der Waals surface area (Å²) in [6.07, 6.45) is 11.8. The van der Waals surface area contributed by atoms with Crippen LogP contribution in [0.25, 0.3) is 0 Å². The number of rotatable bonds is 3. The van der Waals surface area contributed by atoms with Crippen molar-refractivity contribution in [3.8, 4) is 0 Å². The summed E-state index contributed by atoms with van der Waals surface area (Å²) in [5, 5.41) is 0. The van der Waals surface area contributed by atoms with Crippen molar-refractivity contribution in [2.75, 3.05) is 6.61 Å². The van der Waals surface area contributed by atoms with Crippen molar-refractivity contribution in [3.05, 3.63) is 11.6 Å². The summed E-state index contributed by atoms with van der Waals surface area (Å²) in [4.78, 5) is 12.5. The third-order valence-electron chi connectivity index (χ3n) is 8.46. The van der Waals surface area contributed by atoms with E-state index < -0.39 is 0 Å². The van der Waals surface area contributed by atoms with Crippen molar-refractivity contribution in [3.63, 3.8) is 0 Å². The maximum atomic E-state index is 12.5. The van der Waals surface area contributed by atoms with E-state index in [0.717, 1.165) is 43.9 Å². The Bertz CT molecular complexity index is 618. The summed E-state index contributed by atoms with van der Waals surface area (Å²) in [6, 6.07) is 0. The van der Waals surface area contributed by atoms with Gasteiger partial charge in [0.1, 0.15) is 5.78 Å². The molecule has 146 valence electrons. The van der Waals surface area contributed by atoms with Gasteiger partial charge in [0.2, 0.25) is 0 Å². The van der Waals surface area contributed by atoms with Crippen LogP contribution in [-0.4, -0.2) is 24.0 Å². The molecule has 3 saturated carbocycles. The number of ketones is 1. The zero-order valence-electron chi connectivity index (χ0n) is 17.1. The predicted octanol–water partition coefficient (Wildman–Crippen LogP) is 4.64. The lowest BCUT2D eigenvalue weighted by Crippen LogP contribution is -2.50. The van der Waals surface area contributed by atoms with Crippen LogP contribution in [0.4, 0.5) is 0 Å². The third kappa shape index (κ3) is 2.90. The standard InChI is InChI=1S/C23H37NO2/c1-21(2,24)14-26-16-9-11-22(3)15(13-16)5-6-17-18-7-8-20(25)23(18,4)12-10-19(17)22/h5,16-19H,6-14,24H2,1-4H3/t16-,17-,18-,19-,22-,23-/m0/s1. The molecule has 4 rings (SSSR count). The Labute approximate surface area is 159 Å². The molecular formula is C23H37NO2. The zero-order chi connectivity index (χ0) is 18.7. The Kier molecular flexibility index (Phi) is 4.43. The Morgan fingerprint density at radius 3 is 2.58 bits per heavy atom. The lowest BCUT2D eigenvalue weighted by molar-refractivity contribution is -0.132. The largest absolute Gasteiger partial charge is 0.376 e. The summed E-state index contributed by atoms with van der Waals surface area (Å²) in [5.74, 6) is 2.64. The van der Waals surface area contributed by atoms with Gasteiger partial charge in [0.05, 0.1) is 12.7 Å². The van der Waals surface area contributed by atoms with Gasteiger partial charge < -0.3 is 10.5 Å². The summed E-state index contributed by atoms with van der Waals surface area (Å²) < 4.78 is 6.17. The average molecular weight is 360 g/mol. The van der Waals surface area contributed by atoms with Crippen LogP contribution in [0.1, 0.15) is 79.1 Å². The molecule has 0 spiro atoms. The number of fused-ring (bicyclic) bond motifs is 5. The molecule has 6 atom stereocenters. The molecule has 3 nitrogen and oxygen atoms in total. The van der Waals surface area contributed by atoms with E-state index in [9.17, 15) is 4.79 Å². The summed E-state index contributed by atoms with van der Waals surface area (Å²) in [6.45, 7) is 9.48. The molecule has 3 heteroatoms. The van der Waals surface area contributed by atoms with E-state index in [4.69, 9.17) is 10.5 Å². The minimum absolute atomic E-state index is 0.0180. The maximum absolute atomic E-state index is 12.5. The van der Waals surface area contributed by atoms with Crippen molar-refractivity contribution in [2.45, 2.75) is 90.7 Å². The highest BCUT2D eigenvalue weighted by Crippen LogP contribution is 2.64. The van der Waals surface area contributed by atoms with Crippen LogP contribution in [-0.2, 0) is 9.53 Å². The number of hydrogen-bond donors (Lipinski definition) is 1. The summed E-state index contributed by atoms with van der Waals surface area (Å²) >= 11 is 0. The quantitative estimate of drug-likeness (QED) is 0.747. The Morgan fingerprint density at radius 2 is 1.85 bits per heavy atom. The molecule has 0 aromatic rings. The van der Waals surface area contributed by atoms with Gasteiger partial charge in [-0.25, -0.2) is 0 Å². The van der Waals surface area contributed by atoms with E-state index in [-0.39, 0.29) is 11.0 Å². The molecule has 4 aliphatic rings. The molecule has 4 aliphatic carbocycles. The van der Waals surface area contributed by atoms with Crippen molar-refractivity contribution in [2.24, 2.45) is 34.3 Å². The second-order valence-electron chi connectivity index (χ2n) is 10.8. The molecule has 26 heavy (non-hydrogen) atoms. The van der Waals surface area contributed by atoms with Crippen molar-refractivity contribution in [1.29, 1.82) is 0 Å². The van der Waals surface area contributed by atoms with Gasteiger partial charge in [-0.1, -0.05) is 25.5 Å². The number of carbonyl (C=O) groups excluding carboxylic acids is 1. The molecule has 0 heterocycles. The molecule has 0 bridgehead atoms. The lowest BCUT2D eigenvalue weighted by atomic mass is 9.48. The number of ether oxygens (including phenoxy) is 1. The van der Waals surface area contributed by atoms with Gasteiger partial charge in [-0.05, 0) is 82.0 Å². The second kappa shape index (κ2) is 6.17. The van der Waals surface area contributed by atoms with E-state index in [1.165, 1.54) is 19.3 Å². The molecule has 0 saturated heterocycles. The highest BCUT2D eigenvalue weighted by Gasteiger charge is 2.58. The van der Waals surface area contributed by atoms with E-state index >= 15 is 0 Å². The van der Waals surface area contributed by atoms with E-state index in [2.05, 4.69) is 19.9 Å². The number of allylic oxidation sites excluding steroid dienone is 1. The van der Waals surface area contributed by atoms with E-state index in [0.29, 0.717) is 29.8 Å². The van der Waals surface area contributed by atoms with Crippen molar-refractivity contribution >= 4 is 5.78 Å². The smallest absolute Gasteiger partial charge is 0.139 e. The topological polar surface area (TPSA) is 52.3 Å². The van der Waals surface area contributed by atoms with Gasteiger partial charge in [0.25, 0.3) is 0 Å². The van der Waals surface area contributed by atoms with Crippen LogP contribution in [0.3, 0.4) is 0 Å². The van der Waals surface area contributed by atoms with Crippen LogP contribution < -0.4 is 5.73 Å². The Morgan fingerprint density at radius 1 is 1.15 bits per heavy atom. The fourth-order valence-corrected chi connectivity index (χ4v) is 6.87. The summed E-state index contributed by atoms with van der Waals surface area (Å²) in [7, 11) is 0. The lowest BCUT2D eigenvalue weighted by Gasteiger charge is -2.57. The van der Waals surface area contributed by atoms with E-state index in [1.807, 2.05) is 13.8 Å². The fourth-order valence-electron chi connectivity index (χ4n) is 6.87. The first kappa shape index (κ1) is 18.7. The van der Waals surface area contributed by atoms with Crippen LogP contribution in [0.5, 0.6) is 0 Å². The second-order valence-corrected chi connectivity index (χ2v) is 10.8. The Balaban J connectivity index is 1.51. The molecule has 0 amide bonds. The Hall–Kier alpha value is -0.670. The van der Waals surface area contributed by atoms with E-state index in [1.54, 1.807) is 5.57 Å². The van der Waals surface area contributed by atoms with Crippen molar-refractivity contribution < 1.29 is 9.53 Å². The third-order valence-corrected chi connectivity index (χ3v) is 8.46. The highest BCUT2D eigenvalue weighted by molar-refractivity contribution is 5.87. The molecular weight excluding hydrogens is 322 g/mol. The maximum Gasteiger partial charge on any atom is 0.139 e. The van der Waals surface area contributed by atoms with Gasteiger partial charge in [0.15, 0.2) is 0 Å².